The molecule has 1 nitrogen and oxygen atoms in total. The molecule has 0 bridgehead atoms. The smallest absolute Gasteiger partial charge is 0.233 e. The molecule has 0 saturated carbocycles. The van der Waals surface area contributed by atoms with Gasteiger partial charge in [0.25, 0.3) is 0 Å². The molecule has 0 N–H and O–H groups in total. The Morgan fingerprint density at radius 2 is 1.78 bits per heavy atom. The lowest BCUT2D eigenvalue weighted by Gasteiger charge is -2.14. The maximum absolute atomic E-state index is 10.5. The average Bonchev–Trinajstić information content (AvgIpc) is 1.65. The lowest BCUT2D eigenvalue weighted by molar-refractivity contribution is -0.116. The predicted octanol–water partition coefficient (Wildman–Crippen LogP) is 2.34. The van der Waals surface area contributed by atoms with E-state index in [1.165, 1.54) is 0 Å². The number of carbonyl (C=O) groups excluding carboxylic acids is 1. The quantitative estimate of drug-likeness (QED) is 0.485. The number of rotatable bonds is 2. The Morgan fingerprint density at radius 1 is 1.44 bits per heavy atom. The molecule has 0 aliphatic carbocycles. The van der Waals surface area contributed by atoms with Crippen molar-refractivity contribution in [2.75, 3.05) is 0 Å². The molecule has 0 saturated heterocycles. The summed E-state index contributed by atoms with van der Waals surface area (Å²) >= 11 is 15.1. The zero-order valence-electron chi connectivity index (χ0n) is 5.07. The largest absolute Gasteiger partial charge is 0.280 e. The Kier molecular flexibility index (Phi) is 3.06. The topological polar surface area (TPSA) is 17.1 Å². The van der Waals surface area contributed by atoms with E-state index in [1.54, 1.807) is 13.8 Å². The third kappa shape index (κ3) is 2.20. The third-order valence-corrected chi connectivity index (χ3v) is 2.44. The first-order chi connectivity index (χ1) is 3.89. The maximum atomic E-state index is 10.5. The van der Waals surface area contributed by atoms with Crippen LogP contribution >= 0.6 is 35.4 Å². The van der Waals surface area contributed by atoms with Crippen LogP contribution in [-0.4, -0.2) is 9.57 Å². The van der Waals surface area contributed by atoms with Crippen LogP contribution in [0, 0.1) is 5.41 Å². The van der Waals surface area contributed by atoms with Gasteiger partial charge in [-0.25, -0.2) is 0 Å². The van der Waals surface area contributed by atoms with Crippen LogP contribution in [0.25, 0.3) is 0 Å². The van der Waals surface area contributed by atoms with Crippen molar-refractivity contribution in [2.24, 2.45) is 5.41 Å². The molecule has 0 unspecified atom stereocenters. The first-order valence-corrected chi connectivity index (χ1v) is 3.45. The van der Waals surface area contributed by atoms with Crippen molar-refractivity contribution in [3.8, 4) is 0 Å². The van der Waals surface area contributed by atoms with Crippen LogP contribution in [0.5, 0.6) is 0 Å². The molecule has 0 atom stereocenters. The van der Waals surface area contributed by atoms with E-state index in [4.69, 9.17) is 23.2 Å². The van der Waals surface area contributed by atoms with Crippen molar-refractivity contribution in [1.82, 2.24) is 0 Å². The Labute approximate surface area is 69.3 Å². The summed E-state index contributed by atoms with van der Waals surface area (Å²) in [6, 6.07) is 0. The summed E-state index contributed by atoms with van der Waals surface area (Å²) in [7, 11) is 0. The third-order valence-electron chi connectivity index (χ3n) is 0.983. The SMILES string of the molecule is CC(C)(C(=O)Cl)C(=S)Cl. The number of hydrogen-bond donors (Lipinski definition) is 0. The molecule has 0 aromatic carbocycles. The summed E-state index contributed by atoms with van der Waals surface area (Å²) in [5.41, 5.74) is -0.877. The number of halogens is 2. The summed E-state index contributed by atoms with van der Waals surface area (Å²) in [6.45, 7) is 3.16. The number of carbonyl (C=O) groups is 1. The van der Waals surface area contributed by atoms with Gasteiger partial charge >= 0.3 is 0 Å². The molecular weight excluding hydrogens is 179 g/mol. The lowest BCUT2D eigenvalue weighted by Crippen LogP contribution is -2.24. The summed E-state index contributed by atoms with van der Waals surface area (Å²) in [6.07, 6.45) is 0. The minimum absolute atomic E-state index is 0.0995. The molecule has 0 aromatic heterocycles. The van der Waals surface area contributed by atoms with Gasteiger partial charge in [-0.1, -0.05) is 23.8 Å². The van der Waals surface area contributed by atoms with E-state index < -0.39 is 10.7 Å². The van der Waals surface area contributed by atoms with Gasteiger partial charge in [0.05, 0.1) is 9.74 Å². The van der Waals surface area contributed by atoms with Crippen LogP contribution in [0.2, 0.25) is 0 Å². The minimum Gasteiger partial charge on any atom is -0.280 e. The van der Waals surface area contributed by atoms with Gasteiger partial charge in [-0.15, -0.1) is 0 Å². The van der Waals surface area contributed by atoms with Crippen molar-refractivity contribution in [3.63, 3.8) is 0 Å². The van der Waals surface area contributed by atoms with Gasteiger partial charge in [0.2, 0.25) is 5.24 Å². The predicted molar refractivity (Wildman–Crippen MR) is 43.1 cm³/mol. The van der Waals surface area contributed by atoms with Crippen LogP contribution < -0.4 is 0 Å². The monoisotopic (exact) mass is 184 g/mol. The highest BCUT2D eigenvalue weighted by Gasteiger charge is 2.29. The molecule has 4 heteroatoms. The van der Waals surface area contributed by atoms with Crippen LogP contribution in [-0.2, 0) is 4.79 Å². The zero-order chi connectivity index (χ0) is 7.65. The van der Waals surface area contributed by atoms with Crippen molar-refractivity contribution in [1.29, 1.82) is 0 Å². The molecule has 0 heterocycles. The normalized spacial score (nSPS) is 11.1. The molecule has 0 rings (SSSR count). The van der Waals surface area contributed by atoms with Gasteiger partial charge in [0.1, 0.15) is 0 Å². The Hall–Kier alpha value is 0.340. The highest BCUT2D eigenvalue weighted by atomic mass is 35.5. The van der Waals surface area contributed by atoms with Gasteiger partial charge in [0, 0.05) is 0 Å². The zero-order valence-corrected chi connectivity index (χ0v) is 7.40. The molecule has 0 aliphatic heterocycles. The summed E-state index contributed by atoms with van der Waals surface area (Å²) in [5, 5.41) is -0.525. The maximum Gasteiger partial charge on any atom is 0.233 e. The van der Waals surface area contributed by atoms with E-state index in [1.807, 2.05) is 0 Å². The fraction of sp³-hybridized carbons (Fsp3) is 0.600. The number of hydrogen-bond acceptors (Lipinski definition) is 2. The molecule has 0 fully saturated rings. The lowest BCUT2D eigenvalue weighted by atomic mass is 9.99. The minimum atomic E-state index is -0.877. The fourth-order valence-electron chi connectivity index (χ4n) is 0.0773. The van der Waals surface area contributed by atoms with E-state index >= 15 is 0 Å². The first kappa shape index (κ1) is 9.34. The van der Waals surface area contributed by atoms with Crippen LogP contribution in [0.15, 0.2) is 0 Å². The Morgan fingerprint density at radius 3 is 1.78 bits per heavy atom. The first-order valence-electron chi connectivity index (χ1n) is 2.29. The summed E-state index contributed by atoms with van der Waals surface area (Å²) in [5.74, 6) is 0. The Bertz CT molecular complexity index is 137. The second-order valence-electron chi connectivity index (χ2n) is 2.17. The summed E-state index contributed by atoms with van der Waals surface area (Å²) in [4.78, 5) is 10.5. The fourth-order valence-corrected chi connectivity index (χ4v) is 0.455. The molecule has 9 heavy (non-hydrogen) atoms. The standard InChI is InChI=1S/C5H6Cl2OS/c1-5(2,3(6)8)4(7)9/h1-2H3. The molecule has 0 spiro atoms. The van der Waals surface area contributed by atoms with Gasteiger partial charge in [0.15, 0.2) is 0 Å². The van der Waals surface area contributed by atoms with E-state index in [2.05, 4.69) is 12.2 Å². The van der Waals surface area contributed by atoms with Crippen LogP contribution in [0.4, 0.5) is 0 Å². The van der Waals surface area contributed by atoms with E-state index in [-0.39, 0.29) is 4.32 Å². The van der Waals surface area contributed by atoms with Gasteiger partial charge in [-0.3, -0.25) is 4.79 Å². The molecule has 0 aromatic rings. The second-order valence-corrected chi connectivity index (χ2v) is 3.53. The second kappa shape index (κ2) is 2.95. The molecule has 0 aliphatic rings. The molecule has 0 radical (unpaired) electrons. The highest BCUT2D eigenvalue weighted by molar-refractivity contribution is 7.83. The highest BCUT2D eigenvalue weighted by Crippen LogP contribution is 2.23. The van der Waals surface area contributed by atoms with E-state index in [0.29, 0.717) is 0 Å². The average molecular weight is 185 g/mol. The van der Waals surface area contributed by atoms with Crippen LogP contribution in [0.3, 0.4) is 0 Å². The van der Waals surface area contributed by atoms with E-state index in [0.717, 1.165) is 0 Å². The van der Waals surface area contributed by atoms with Crippen molar-refractivity contribution in [2.45, 2.75) is 13.8 Å². The van der Waals surface area contributed by atoms with Gasteiger partial charge in [-0.05, 0) is 25.4 Å². The number of thiocarbonyl (C=S) groups is 1. The van der Waals surface area contributed by atoms with Gasteiger partial charge in [-0.2, -0.15) is 0 Å². The summed E-state index contributed by atoms with van der Waals surface area (Å²) < 4.78 is 0.0995. The van der Waals surface area contributed by atoms with Crippen LogP contribution in [0.1, 0.15) is 13.8 Å². The Balaban J connectivity index is 4.38. The molecule has 52 valence electrons. The molecular formula is C5H6Cl2OS. The molecule has 0 amide bonds. The van der Waals surface area contributed by atoms with Gasteiger partial charge < -0.3 is 0 Å². The van der Waals surface area contributed by atoms with E-state index in [9.17, 15) is 4.79 Å². The van der Waals surface area contributed by atoms with Crippen molar-refractivity contribution in [3.05, 3.63) is 0 Å². The van der Waals surface area contributed by atoms with Crippen molar-refractivity contribution < 1.29 is 4.79 Å². The van der Waals surface area contributed by atoms with Crippen molar-refractivity contribution >= 4 is 45.0 Å².